The SMILES string of the molecule is CCNC(CC1CC2CCC1C2)C1CC2CC2C1. The standard InChI is InChI=1S/C17H29N/c1-2-18-17(16-8-14-7-15(14)9-16)10-13-6-11-3-4-12(13)5-11/h11-18H,2-10H2,1H3. The van der Waals surface area contributed by atoms with Gasteiger partial charge in [0.25, 0.3) is 0 Å². The van der Waals surface area contributed by atoms with Crippen molar-refractivity contribution in [1.82, 2.24) is 5.32 Å². The van der Waals surface area contributed by atoms with Gasteiger partial charge in [0, 0.05) is 6.04 Å². The van der Waals surface area contributed by atoms with E-state index in [4.69, 9.17) is 0 Å². The molecule has 4 aliphatic carbocycles. The van der Waals surface area contributed by atoms with Crippen molar-refractivity contribution >= 4 is 0 Å². The lowest BCUT2D eigenvalue weighted by molar-refractivity contribution is 0.231. The summed E-state index contributed by atoms with van der Waals surface area (Å²) in [4.78, 5) is 0. The average Bonchev–Trinajstić information content (AvgIpc) is 2.80. The zero-order valence-electron chi connectivity index (χ0n) is 11.9. The van der Waals surface area contributed by atoms with Crippen LogP contribution in [0.5, 0.6) is 0 Å². The molecule has 0 saturated heterocycles. The van der Waals surface area contributed by atoms with Gasteiger partial charge in [0.15, 0.2) is 0 Å². The molecule has 0 spiro atoms. The highest BCUT2D eigenvalue weighted by molar-refractivity contribution is 5.00. The predicted octanol–water partition coefficient (Wildman–Crippen LogP) is 3.84. The van der Waals surface area contributed by atoms with E-state index in [1.807, 2.05) is 0 Å². The Morgan fingerprint density at radius 2 is 1.78 bits per heavy atom. The van der Waals surface area contributed by atoms with Gasteiger partial charge >= 0.3 is 0 Å². The van der Waals surface area contributed by atoms with E-state index in [2.05, 4.69) is 12.2 Å². The van der Waals surface area contributed by atoms with Gasteiger partial charge in [-0.3, -0.25) is 0 Å². The smallest absolute Gasteiger partial charge is 0.00981 e. The van der Waals surface area contributed by atoms with Crippen molar-refractivity contribution in [3.05, 3.63) is 0 Å². The molecule has 0 radical (unpaired) electrons. The molecule has 0 amide bonds. The topological polar surface area (TPSA) is 12.0 Å². The number of hydrogen-bond acceptors (Lipinski definition) is 1. The average molecular weight is 247 g/mol. The summed E-state index contributed by atoms with van der Waals surface area (Å²) in [6.45, 7) is 3.47. The Morgan fingerprint density at radius 1 is 0.944 bits per heavy atom. The van der Waals surface area contributed by atoms with E-state index < -0.39 is 0 Å². The molecule has 1 N–H and O–H groups in total. The van der Waals surface area contributed by atoms with Crippen LogP contribution in [-0.2, 0) is 0 Å². The first-order valence-corrected chi connectivity index (χ1v) is 8.56. The number of rotatable bonds is 5. The van der Waals surface area contributed by atoms with Gasteiger partial charge in [-0.15, -0.1) is 0 Å². The van der Waals surface area contributed by atoms with Crippen LogP contribution in [0, 0.1) is 35.5 Å². The van der Waals surface area contributed by atoms with Crippen LogP contribution in [-0.4, -0.2) is 12.6 Å². The summed E-state index contributed by atoms with van der Waals surface area (Å²) in [5.74, 6) is 6.66. The van der Waals surface area contributed by atoms with Crippen molar-refractivity contribution in [3.8, 4) is 0 Å². The number of nitrogens with one attached hydrogen (secondary N) is 1. The van der Waals surface area contributed by atoms with Crippen molar-refractivity contribution in [3.63, 3.8) is 0 Å². The minimum Gasteiger partial charge on any atom is -0.314 e. The van der Waals surface area contributed by atoms with E-state index in [9.17, 15) is 0 Å². The van der Waals surface area contributed by atoms with Crippen molar-refractivity contribution in [2.45, 2.75) is 64.3 Å². The molecule has 0 aliphatic heterocycles. The Balaban J connectivity index is 1.37. The van der Waals surface area contributed by atoms with Crippen LogP contribution in [0.1, 0.15) is 58.3 Å². The molecule has 1 nitrogen and oxygen atoms in total. The minimum absolute atomic E-state index is 0.868. The van der Waals surface area contributed by atoms with Crippen molar-refractivity contribution in [2.24, 2.45) is 35.5 Å². The van der Waals surface area contributed by atoms with Gasteiger partial charge in [0.05, 0.1) is 0 Å². The first-order valence-electron chi connectivity index (χ1n) is 8.56. The van der Waals surface area contributed by atoms with Crippen LogP contribution < -0.4 is 5.32 Å². The molecule has 2 bridgehead atoms. The Hall–Kier alpha value is -0.0400. The van der Waals surface area contributed by atoms with Crippen molar-refractivity contribution < 1.29 is 0 Å². The first kappa shape index (κ1) is 11.8. The molecule has 0 heterocycles. The Bertz CT molecular complexity index is 303. The molecule has 6 atom stereocenters. The zero-order valence-corrected chi connectivity index (χ0v) is 11.9. The van der Waals surface area contributed by atoms with Crippen LogP contribution >= 0.6 is 0 Å². The highest BCUT2D eigenvalue weighted by atomic mass is 14.9. The molecule has 6 unspecified atom stereocenters. The quantitative estimate of drug-likeness (QED) is 0.778. The largest absolute Gasteiger partial charge is 0.314 e. The summed E-state index contributed by atoms with van der Waals surface area (Å²) in [5.41, 5.74) is 0. The zero-order chi connectivity index (χ0) is 12.1. The lowest BCUT2D eigenvalue weighted by atomic mass is 9.80. The van der Waals surface area contributed by atoms with Crippen LogP contribution in [0.4, 0.5) is 0 Å². The minimum atomic E-state index is 0.868. The maximum atomic E-state index is 3.85. The predicted molar refractivity (Wildman–Crippen MR) is 75.3 cm³/mol. The Kier molecular flexibility index (Phi) is 2.94. The molecule has 0 aromatic rings. The van der Waals surface area contributed by atoms with E-state index >= 15 is 0 Å². The lowest BCUT2D eigenvalue weighted by Crippen LogP contribution is -2.38. The molecule has 4 fully saturated rings. The summed E-state index contributed by atoms with van der Waals surface area (Å²) in [6.07, 6.45) is 12.5. The van der Waals surface area contributed by atoms with Gasteiger partial charge in [-0.2, -0.15) is 0 Å². The summed E-state index contributed by atoms with van der Waals surface area (Å²) >= 11 is 0. The molecule has 4 aliphatic rings. The molecular formula is C17H29N. The van der Waals surface area contributed by atoms with E-state index in [1.165, 1.54) is 13.0 Å². The monoisotopic (exact) mass is 247 g/mol. The number of fused-ring (bicyclic) bond motifs is 3. The maximum Gasteiger partial charge on any atom is 0.00981 e. The van der Waals surface area contributed by atoms with E-state index in [0.717, 1.165) is 41.5 Å². The van der Waals surface area contributed by atoms with Gasteiger partial charge in [-0.05, 0) is 87.0 Å². The second kappa shape index (κ2) is 4.51. The van der Waals surface area contributed by atoms with E-state index in [1.54, 1.807) is 44.9 Å². The molecule has 4 rings (SSSR count). The third kappa shape index (κ3) is 2.03. The molecule has 4 saturated carbocycles. The fraction of sp³-hybridized carbons (Fsp3) is 1.00. The van der Waals surface area contributed by atoms with Crippen LogP contribution in [0.3, 0.4) is 0 Å². The summed E-state index contributed by atoms with van der Waals surface area (Å²) < 4.78 is 0. The fourth-order valence-corrected chi connectivity index (χ4v) is 5.79. The molecule has 102 valence electrons. The highest BCUT2D eigenvalue weighted by Gasteiger charge is 2.49. The van der Waals surface area contributed by atoms with E-state index in [-0.39, 0.29) is 0 Å². The highest BCUT2D eigenvalue weighted by Crippen LogP contribution is 2.56. The number of hydrogen-bond donors (Lipinski definition) is 1. The molecular weight excluding hydrogens is 218 g/mol. The molecule has 1 heteroatoms. The van der Waals surface area contributed by atoms with Gasteiger partial charge in [-0.25, -0.2) is 0 Å². The van der Waals surface area contributed by atoms with Crippen LogP contribution in [0.15, 0.2) is 0 Å². The summed E-state index contributed by atoms with van der Waals surface area (Å²) in [5, 5.41) is 3.85. The Morgan fingerprint density at radius 3 is 2.39 bits per heavy atom. The first-order chi connectivity index (χ1) is 8.83. The second-order valence-corrected chi connectivity index (χ2v) is 7.82. The van der Waals surface area contributed by atoms with Crippen molar-refractivity contribution in [1.29, 1.82) is 0 Å². The van der Waals surface area contributed by atoms with Crippen LogP contribution in [0.2, 0.25) is 0 Å². The van der Waals surface area contributed by atoms with Gasteiger partial charge in [0.1, 0.15) is 0 Å². The van der Waals surface area contributed by atoms with Gasteiger partial charge in [0.2, 0.25) is 0 Å². The normalized spacial score (nSPS) is 50.5. The third-order valence-electron chi connectivity index (χ3n) is 6.76. The van der Waals surface area contributed by atoms with Gasteiger partial charge in [-0.1, -0.05) is 13.3 Å². The van der Waals surface area contributed by atoms with Crippen LogP contribution in [0.25, 0.3) is 0 Å². The van der Waals surface area contributed by atoms with Crippen molar-refractivity contribution in [2.75, 3.05) is 6.54 Å². The summed E-state index contributed by atoms with van der Waals surface area (Å²) in [6, 6.07) is 0.868. The summed E-state index contributed by atoms with van der Waals surface area (Å²) in [7, 11) is 0. The van der Waals surface area contributed by atoms with E-state index in [0.29, 0.717) is 0 Å². The maximum absolute atomic E-state index is 3.85. The lowest BCUT2D eigenvalue weighted by Gasteiger charge is -2.31. The van der Waals surface area contributed by atoms with Gasteiger partial charge < -0.3 is 5.32 Å². The third-order valence-corrected chi connectivity index (χ3v) is 6.76. The fourth-order valence-electron chi connectivity index (χ4n) is 5.79. The molecule has 18 heavy (non-hydrogen) atoms. The Labute approximate surface area is 112 Å². The molecule has 0 aromatic heterocycles. The second-order valence-electron chi connectivity index (χ2n) is 7.82. The molecule has 0 aromatic carbocycles.